The second-order valence-electron chi connectivity index (χ2n) is 5.00. The maximum atomic E-state index is 13.0. The van der Waals surface area contributed by atoms with E-state index < -0.39 is 19.1 Å². The summed E-state index contributed by atoms with van der Waals surface area (Å²) in [5.41, 5.74) is 5.90. The molecule has 0 saturated carbocycles. The average Bonchev–Trinajstić information content (AvgIpc) is 2.38. The van der Waals surface area contributed by atoms with E-state index >= 15 is 0 Å². The van der Waals surface area contributed by atoms with Crippen molar-refractivity contribution >= 4 is 11.4 Å². The average molecular weight is 309 g/mol. The number of halogens is 5. The molecule has 0 amide bonds. The first kappa shape index (κ1) is 15.8. The molecule has 1 aromatic rings. The Labute approximate surface area is 119 Å². The molecule has 0 atom stereocenters. The molecule has 8 heteroatoms. The number of nitrogen functional groups attached to an aromatic ring is 1. The van der Waals surface area contributed by atoms with Crippen molar-refractivity contribution in [2.24, 2.45) is 0 Å². The number of alkyl halides is 5. The molecule has 1 heterocycles. The Morgan fingerprint density at radius 2 is 1.71 bits per heavy atom. The molecule has 0 radical (unpaired) electrons. The van der Waals surface area contributed by atoms with E-state index in [9.17, 15) is 22.0 Å². The lowest BCUT2D eigenvalue weighted by molar-refractivity contribution is -0.146. The van der Waals surface area contributed by atoms with Crippen LogP contribution in [-0.4, -0.2) is 43.8 Å². The van der Waals surface area contributed by atoms with Crippen LogP contribution in [0, 0.1) is 0 Å². The first-order valence-electron chi connectivity index (χ1n) is 6.48. The summed E-state index contributed by atoms with van der Waals surface area (Å²) in [6, 6.07) is 4.22. The summed E-state index contributed by atoms with van der Waals surface area (Å²) in [5, 5.41) is 0. The van der Waals surface area contributed by atoms with Gasteiger partial charge in [0.1, 0.15) is 0 Å². The molecule has 118 valence electrons. The van der Waals surface area contributed by atoms with Gasteiger partial charge in [-0.1, -0.05) is 0 Å². The van der Waals surface area contributed by atoms with E-state index in [0.29, 0.717) is 5.69 Å². The van der Waals surface area contributed by atoms with E-state index in [-0.39, 0.29) is 37.4 Å². The van der Waals surface area contributed by atoms with Gasteiger partial charge in [-0.05, 0) is 18.2 Å². The number of rotatable bonds is 3. The maximum Gasteiger partial charge on any atom is 0.401 e. The maximum absolute atomic E-state index is 13.0. The van der Waals surface area contributed by atoms with Gasteiger partial charge in [0.05, 0.1) is 6.54 Å². The predicted molar refractivity (Wildman–Crippen MR) is 70.5 cm³/mol. The van der Waals surface area contributed by atoms with Crippen molar-refractivity contribution in [1.29, 1.82) is 0 Å². The molecule has 0 aliphatic carbocycles. The topological polar surface area (TPSA) is 32.5 Å². The van der Waals surface area contributed by atoms with Crippen LogP contribution in [0.1, 0.15) is 12.0 Å². The fourth-order valence-electron chi connectivity index (χ4n) is 2.44. The quantitative estimate of drug-likeness (QED) is 0.688. The molecule has 1 aliphatic heterocycles. The van der Waals surface area contributed by atoms with Crippen LogP contribution in [0.15, 0.2) is 18.2 Å². The molecular weight excluding hydrogens is 293 g/mol. The molecule has 1 fully saturated rings. The van der Waals surface area contributed by atoms with Crippen molar-refractivity contribution < 1.29 is 22.0 Å². The van der Waals surface area contributed by atoms with Gasteiger partial charge in [0.15, 0.2) is 0 Å². The second-order valence-corrected chi connectivity index (χ2v) is 5.00. The first-order chi connectivity index (χ1) is 9.76. The fraction of sp³-hybridized carbons (Fsp3) is 0.538. The van der Waals surface area contributed by atoms with Crippen molar-refractivity contribution in [2.75, 3.05) is 43.4 Å². The highest BCUT2D eigenvalue weighted by molar-refractivity contribution is 5.60. The predicted octanol–water partition coefficient (Wildman–Crippen LogP) is 2.89. The number of hydrogen-bond acceptors (Lipinski definition) is 3. The zero-order chi connectivity index (χ0) is 15.6. The highest BCUT2D eigenvalue weighted by Gasteiger charge is 2.32. The molecular formula is C13H16F5N3. The van der Waals surface area contributed by atoms with Crippen LogP contribution >= 0.6 is 0 Å². The van der Waals surface area contributed by atoms with Crippen molar-refractivity contribution in [3.63, 3.8) is 0 Å². The van der Waals surface area contributed by atoms with Crippen molar-refractivity contribution in [3.05, 3.63) is 23.8 Å². The molecule has 1 aliphatic rings. The number of nitrogens with two attached hydrogens (primary N) is 1. The Balaban J connectivity index is 2.06. The molecule has 0 spiro atoms. The third kappa shape index (κ3) is 4.20. The van der Waals surface area contributed by atoms with Gasteiger partial charge >= 0.3 is 6.18 Å². The number of benzene rings is 1. The van der Waals surface area contributed by atoms with Gasteiger partial charge in [0.25, 0.3) is 6.43 Å². The van der Waals surface area contributed by atoms with Gasteiger partial charge in [-0.25, -0.2) is 8.78 Å². The highest BCUT2D eigenvalue weighted by Crippen LogP contribution is 2.32. The normalized spacial score (nSPS) is 17.5. The van der Waals surface area contributed by atoms with E-state index in [0.717, 1.165) is 0 Å². The Bertz CT molecular complexity index is 481. The van der Waals surface area contributed by atoms with Crippen LogP contribution < -0.4 is 10.6 Å². The second kappa shape index (κ2) is 6.05. The van der Waals surface area contributed by atoms with E-state index in [1.165, 1.54) is 23.1 Å². The van der Waals surface area contributed by atoms with Gasteiger partial charge in [0.2, 0.25) is 0 Å². The van der Waals surface area contributed by atoms with Gasteiger partial charge in [-0.2, -0.15) is 13.2 Å². The number of anilines is 2. The molecule has 1 saturated heterocycles. The summed E-state index contributed by atoms with van der Waals surface area (Å²) in [6.07, 6.45) is -6.91. The SMILES string of the molecule is Nc1ccc(N2CCN(CC(F)(F)F)CC2)c(C(F)F)c1. The highest BCUT2D eigenvalue weighted by atomic mass is 19.4. The standard InChI is InChI=1S/C13H16F5N3/c14-12(15)10-7-9(19)1-2-11(10)21-5-3-20(4-6-21)8-13(16,17)18/h1-2,7,12H,3-6,8,19H2. The minimum Gasteiger partial charge on any atom is -0.399 e. The zero-order valence-corrected chi connectivity index (χ0v) is 11.2. The molecule has 2 N–H and O–H groups in total. The lowest BCUT2D eigenvalue weighted by Gasteiger charge is -2.37. The minimum atomic E-state index is -4.24. The molecule has 0 bridgehead atoms. The smallest absolute Gasteiger partial charge is 0.399 e. The molecule has 1 aromatic carbocycles. The van der Waals surface area contributed by atoms with Crippen LogP contribution in [0.25, 0.3) is 0 Å². The summed E-state index contributed by atoms with van der Waals surface area (Å²) >= 11 is 0. The molecule has 21 heavy (non-hydrogen) atoms. The molecule has 2 rings (SSSR count). The van der Waals surface area contributed by atoms with Gasteiger partial charge < -0.3 is 10.6 Å². The molecule has 0 aromatic heterocycles. The number of nitrogens with zero attached hydrogens (tertiary/aromatic N) is 2. The third-order valence-corrected chi connectivity index (χ3v) is 3.40. The lowest BCUT2D eigenvalue weighted by Crippen LogP contribution is -2.49. The number of piperazine rings is 1. The van der Waals surface area contributed by atoms with Crippen molar-refractivity contribution in [3.8, 4) is 0 Å². The van der Waals surface area contributed by atoms with Crippen molar-refractivity contribution in [2.45, 2.75) is 12.6 Å². The van der Waals surface area contributed by atoms with Gasteiger partial charge in [0, 0.05) is 43.1 Å². The van der Waals surface area contributed by atoms with Crippen molar-refractivity contribution in [1.82, 2.24) is 4.90 Å². The van der Waals surface area contributed by atoms with Gasteiger partial charge in [-0.15, -0.1) is 0 Å². The van der Waals surface area contributed by atoms with Crippen LogP contribution in [-0.2, 0) is 0 Å². The van der Waals surface area contributed by atoms with Crippen LogP contribution in [0.3, 0.4) is 0 Å². The monoisotopic (exact) mass is 309 g/mol. The van der Waals surface area contributed by atoms with E-state index in [1.54, 1.807) is 4.90 Å². The summed E-state index contributed by atoms with van der Waals surface area (Å²) in [6.45, 7) is -0.0388. The summed E-state index contributed by atoms with van der Waals surface area (Å²) in [5.74, 6) is 0. The lowest BCUT2D eigenvalue weighted by atomic mass is 10.1. The molecule has 0 unspecified atom stereocenters. The Hall–Kier alpha value is -1.57. The fourth-order valence-corrected chi connectivity index (χ4v) is 2.44. The minimum absolute atomic E-state index is 0.181. The summed E-state index contributed by atoms with van der Waals surface area (Å²) in [4.78, 5) is 2.95. The van der Waals surface area contributed by atoms with E-state index in [4.69, 9.17) is 5.73 Å². The summed E-state index contributed by atoms with van der Waals surface area (Å²) < 4.78 is 63.0. The van der Waals surface area contributed by atoms with E-state index in [1.807, 2.05) is 0 Å². The molecule has 3 nitrogen and oxygen atoms in total. The Morgan fingerprint density at radius 3 is 2.24 bits per heavy atom. The van der Waals surface area contributed by atoms with Gasteiger partial charge in [-0.3, -0.25) is 4.90 Å². The zero-order valence-electron chi connectivity index (χ0n) is 11.2. The van der Waals surface area contributed by atoms with Crippen LogP contribution in [0.5, 0.6) is 0 Å². The largest absolute Gasteiger partial charge is 0.401 e. The third-order valence-electron chi connectivity index (χ3n) is 3.40. The first-order valence-corrected chi connectivity index (χ1v) is 6.48. The Kier molecular flexibility index (Phi) is 4.55. The summed E-state index contributed by atoms with van der Waals surface area (Å²) in [7, 11) is 0. The number of hydrogen-bond donors (Lipinski definition) is 1. The van der Waals surface area contributed by atoms with Crippen LogP contribution in [0.2, 0.25) is 0 Å². The Morgan fingerprint density at radius 1 is 1.10 bits per heavy atom. The van der Waals surface area contributed by atoms with E-state index in [2.05, 4.69) is 0 Å². The van der Waals surface area contributed by atoms with Crippen LogP contribution in [0.4, 0.5) is 33.3 Å².